The van der Waals surface area contributed by atoms with Gasteiger partial charge in [-0.1, -0.05) is 35.4 Å². The van der Waals surface area contributed by atoms with Crippen LogP contribution in [0.5, 0.6) is 0 Å². The molecular formula is C25H32B2N2O4. The second-order valence-corrected chi connectivity index (χ2v) is 9.51. The highest BCUT2D eigenvalue weighted by Crippen LogP contribution is 2.27. The molecule has 0 unspecified atom stereocenters. The maximum Gasteiger partial charge on any atom is 0.390 e. The summed E-state index contributed by atoms with van der Waals surface area (Å²) in [6.45, 7) is 15.0. The summed E-state index contributed by atoms with van der Waals surface area (Å²) in [5, 5.41) is 0. The monoisotopic (exact) mass is 446 g/mol. The molecule has 0 N–H and O–H groups in total. The third-order valence-corrected chi connectivity index (χ3v) is 6.79. The fourth-order valence-electron chi connectivity index (χ4n) is 5.83. The Hall–Kier alpha value is -2.38. The maximum atomic E-state index is 6.45. The second kappa shape index (κ2) is 8.44. The van der Waals surface area contributed by atoms with Gasteiger partial charge in [-0.25, -0.2) is 9.13 Å². The zero-order valence-corrected chi connectivity index (χ0v) is 20.5. The van der Waals surface area contributed by atoms with Gasteiger partial charge in [0.25, 0.3) is 0 Å². The lowest BCUT2D eigenvalue weighted by molar-refractivity contribution is -0.578. The van der Waals surface area contributed by atoms with E-state index in [9.17, 15) is 0 Å². The molecule has 0 saturated carbocycles. The second-order valence-electron chi connectivity index (χ2n) is 9.51. The average Bonchev–Trinajstić information content (AvgIpc) is 3.48. The molecule has 0 bridgehead atoms. The van der Waals surface area contributed by atoms with Crippen LogP contribution in [-0.4, -0.2) is 44.4 Å². The fourth-order valence-corrected chi connectivity index (χ4v) is 5.83. The number of hydrogen-bond acceptors (Lipinski definition) is 4. The van der Waals surface area contributed by atoms with Gasteiger partial charge < -0.3 is 18.6 Å². The average molecular weight is 446 g/mol. The third kappa shape index (κ3) is 3.66. The summed E-state index contributed by atoms with van der Waals surface area (Å²) in [5.74, 6) is 0. The Morgan fingerprint density at radius 2 is 1.27 bits per heavy atom. The lowest BCUT2D eigenvalue weighted by atomic mass is 9.27. The van der Waals surface area contributed by atoms with Gasteiger partial charge in [-0.2, -0.15) is 0 Å². The minimum absolute atomic E-state index is 0.506. The first-order chi connectivity index (χ1) is 15.8. The van der Waals surface area contributed by atoms with Crippen LogP contribution in [0.2, 0.25) is 0 Å². The smallest absolute Gasteiger partial charge is 0.390 e. The Labute approximate surface area is 196 Å². The van der Waals surface area contributed by atoms with Crippen molar-refractivity contribution in [3.05, 3.63) is 70.0 Å². The van der Waals surface area contributed by atoms with Crippen LogP contribution in [0, 0.1) is 41.5 Å². The van der Waals surface area contributed by atoms with Crippen molar-refractivity contribution in [1.29, 1.82) is 0 Å². The summed E-state index contributed by atoms with van der Waals surface area (Å²) < 4.78 is 29.4. The molecule has 2 aliphatic heterocycles. The molecule has 1 aromatic heterocycles. The van der Waals surface area contributed by atoms with Crippen molar-refractivity contribution in [1.82, 2.24) is 4.57 Å². The van der Waals surface area contributed by atoms with Gasteiger partial charge in [-0.3, -0.25) is 0 Å². The molecule has 5 rings (SSSR count). The summed E-state index contributed by atoms with van der Waals surface area (Å²) in [6.07, 6.45) is 2.18. The number of hydrogen-bond donors (Lipinski definition) is 0. The predicted molar refractivity (Wildman–Crippen MR) is 131 cm³/mol. The van der Waals surface area contributed by atoms with Crippen molar-refractivity contribution in [2.45, 2.75) is 41.5 Å². The normalized spacial score (nSPS) is 17.8. The zero-order valence-electron chi connectivity index (χ0n) is 20.5. The Bertz CT molecular complexity index is 1090. The van der Waals surface area contributed by atoms with Crippen LogP contribution in [0.25, 0.3) is 11.4 Å². The van der Waals surface area contributed by atoms with Crippen LogP contribution < -0.4 is 10.3 Å². The highest BCUT2D eigenvalue weighted by molar-refractivity contribution is 7.28. The Balaban J connectivity index is 1.83. The predicted octanol–water partition coefficient (Wildman–Crippen LogP) is 2.91. The van der Waals surface area contributed by atoms with E-state index in [4.69, 9.17) is 18.6 Å². The first-order valence-electron chi connectivity index (χ1n) is 11.8. The molecule has 0 atom stereocenters. The highest BCUT2D eigenvalue weighted by Gasteiger charge is 2.56. The molecule has 33 heavy (non-hydrogen) atoms. The largest absolute Gasteiger partial charge is 0.560 e. The molecule has 0 aliphatic carbocycles. The van der Waals surface area contributed by atoms with E-state index in [1.54, 1.807) is 0 Å². The van der Waals surface area contributed by atoms with E-state index in [-0.39, 0.29) is 0 Å². The fraction of sp³-hybridized carbons (Fsp3) is 0.400. The van der Waals surface area contributed by atoms with Crippen LogP contribution in [-0.2, 0) is 18.6 Å². The minimum atomic E-state index is -2.05. The number of aromatic nitrogens is 2. The lowest BCUT2D eigenvalue weighted by Crippen LogP contribution is -2.74. The molecular weight excluding hydrogens is 414 g/mol. The van der Waals surface area contributed by atoms with Crippen molar-refractivity contribution in [3.63, 3.8) is 0 Å². The molecule has 2 fully saturated rings. The standard InChI is InChI=1S/C25H32B2N2O4/c1-17-13-19(3)23(20(4)14-17)28-7-8-29(24-21(5)15-18(2)16-22(24)6)25(28)27(32-11-12-33-27)26-30-9-10-31-26/h7-8,13-16H,9-12H2,1-6H3. The molecule has 3 aromatic rings. The van der Waals surface area contributed by atoms with Crippen LogP contribution >= 0.6 is 0 Å². The van der Waals surface area contributed by atoms with Crippen LogP contribution in [0.4, 0.5) is 0 Å². The van der Waals surface area contributed by atoms with Gasteiger partial charge in [0.2, 0.25) is 0 Å². The van der Waals surface area contributed by atoms with Crippen LogP contribution in [0.1, 0.15) is 33.4 Å². The summed E-state index contributed by atoms with van der Waals surface area (Å²) in [7, 11) is -0.579. The summed E-state index contributed by atoms with van der Waals surface area (Å²) >= 11 is 0. The Morgan fingerprint density at radius 1 is 0.758 bits per heavy atom. The molecule has 8 heteroatoms. The van der Waals surface area contributed by atoms with Gasteiger partial charge in [0, 0.05) is 13.2 Å². The molecule has 2 aliphatic rings. The number of imidazole rings is 1. The molecule has 0 amide bonds. The van der Waals surface area contributed by atoms with Gasteiger partial charge >= 0.3 is 13.5 Å². The van der Waals surface area contributed by atoms with Crippen molar-refractivity contribution in [3.8, 4) is 11.4 Å². The molecule has 2 aromatic carbocycles. The molecule has 6 nitrogen and oxygen atoms in total. The van der Waals surface area contributed by atoms with E-state index in [2.05, 4.69) is 87.3 Å². The summed E-state index contributed by atoms with van der Waals surface area (Å²) in [6, 6.07) is 8.88. The van der Waals surface area contributed by atoms with Crippen LogP contribution in [0.3, 0.4) is 0 Å². The van der Waals surface area contributed by atoms with E-state index in [0.29, 0.717) is 26.4 Å². The quantitative estimate of drug-likeness (QED) is 0.457. The number of rotatable bonds is 4. The van der Waals surface area contributed by atoms with Crippen molar-refractivity contribution in [2.75, 3.05) is 26.4 Å². The minimum Gasteiger partial charge on any atom is -0.560 e. The molecule has 3 heterocycles. The Morgan fingerprint density at radius 3 is 1.82 bits per heavy atom. The van der Waals surface area contributed by atoms with Gasteiger partial charge in [0.15, 0.2) is 0 Å². The van der Waals surface area contributed by atoms with Crippen molar-refractivity contribution >= 4 is 19.2 Å². The maximum absolute atomic E-state index is 6.45. The molecule has 2 saturated heterocycles. The van der Waals surface area contributed by atoms with Gasteiger partial charge in [0.1, 0.15) is 29.5 Å². The van der Waals surface area contributed by atoms with E-state index in [1.807, 2.05) is 0 Å². The van der Waals surface area contributed by atoms with Crippen molar-refractivity contribution < 1.29 is 23.2 Å². The SMILES string of the molecule is Cc1cc(C)c(-n2cc[n+](-c3c(C)cc(C)cc3C)c2[B-]2(B3OCCO3)OCCO2)c(C)c1. The highest BCUT2D eigenvalue weighted by atomic mass is 16.7. The zero-order chi connectivity index (χ0) is 23.3. The first-order valence-corrected chi connectivity index (χ1v) is 11.8. The van der Waals surface area contributed by atoms with Gasteiger partial charge in [-0.05, 0) is 63.8 Å². The number of benzene rings is 2. The van der Waals surface area contributed by atoms with E-state index >= 15 is 0 Å². The van der Waals surface area contributed by atoms with E-state index in [1.165, 1.54) is 33.4 Å². The molecule has 0 radical (unpaired) electrons. The molecule has 172 valence electrons. The van der Waals surface area contributed by atoms with Crippen molar-refractivity contribution in [2.24, 2.45) is 0 Å². The molecule has 0 spiro atoms. The topological polar surface area (TPSA) is 45.7 Å². The summed E-state index contributed by atoms with van der Waals surface area (Å²) in [4.78, 5) is 0. The first kappa shape index (κ1) is 22.4. The number of aryl methyl sites for hydroxylation is 6. The van der Waals surface area contributed by atoms with Crippen LogP contribution in [0.15, 0.2) is 36.7 Å². The number of nitrogens with zero attached hydrogens (tertiary/aromatic N) is 2. The van der Waals surface area contributed by atoms with E-state index < -0.39 is 13.5 Å². The van der Waals surface area contributed by atoms with Gasteiger partial charge in [0.05, 0.1) is 13.2 Å². The Kier molecular flexibility index (Phi) is 5.73. The van der Waals surface area contributed by atoms with E-state index in [0.717, 1.165) is 17.1 Å². The summed E-state index contributed by atoms with van der Waals surface area (Å²) in [5.41, 5.74) is 10.5. The van der Waals surface area contributed by atoms with Gasteiger partial charge in [-0.15, -0.1) is 0 Å². The third-order valence-electron chi connectivity index (χ3n) is 6.79. The lowest BCUT2D eigenvalue weighted by Gasteiger charge is -2.34.